The minimum absolute atomic E-state index is 0.280. The van der Waals surface area contributed by atoms with Crippen LogP contribution in [0.5, 0.6) is 5.75 Å². The average Bonchev–Trinajstić information content (AvgIpc) is 2.47. The Balaban J connectivity index is 2.10. The highest BCUT2D eigenvalue weighted by atomic mass is 79.9. The Morgan fingerprint density at radius 3 is 2.85 bits per heavy atom. The van der Waals surface area contributed by atoms with E-state index in [9.17, 15) is 4.39 Å². The van der Waals surface area contributed by atoms with Crippen molar-refractivity contribution >= 4 is 21.6 Å². The first-order valence-electron chi connectivity index (χ1n) is 6.21. The minimum Gasteiger partial charge on any atom is -0.489 e. The third kappa shape index (κ3) is 3.84. The smallest absolute Gasteiger partial charge is 0.146 e. The van der Waals surface area contributed by atoms with Gasteiger partial charge in [-0.05, 0) is 24.3 Å². The first kappa shape index (κ1) is 14.6. The molecule has 2 aromatic carbocycles. The molecule has 0 aromatic heterocycles. The number of nitrogens with one attached hydrogen (secondary N) is 1. The molecule has 0 radical (unpaired) electrons. The van der Waals surface area contributed by atoms with Gasteiger partial charge in [-0.15, -0.1) is 0 Å². The Hall–Kier alpha value is -1.81. The molecule has 0 spiro atoms. The maximum absolute atomic E-state index is 13.6. The summed E-state index contributed by atoms with van der Waals surface area (Å²) in [6.45, 7) is 4.56. The predicted octanol–water partition coefficient (Wildman–Crippen LogP) is 4.77. The highest BCUT2D eigenvalue weighted by molar-refractivity contribution is 9.10. The van der Waals surface area contributed by atoms with Crippen molar-refractivity contribution in [3.8, 4) is 5.75 Å². The molecule has 20 heavy (non-hydrogen) atoms. The summed E-state index contributed by atoms with van der Waals surface area (Å²) in [4.78, 5) is 0. The molecule has 0 saturated heterocycles. The molecule has 2 aromatic rings. The van der Waals surface area contributed by atoms with Gasteiger partial charge < -0.3 is 10.1 Å². The van der Waals surface area contributed by atoms with Crippen molar-refractivity contribution in [2.75, 3.05) is 11.9 Å². The first-order chi connectivity index (χ1) is 9.70. The van der Waals surface area contributed by atoms with E-state index >= 15 is 0 Å². The molecule has 0 aliphatic carbocycles. The lowest BCUT2D eigenvalue weighted by molar-refractivity contribution is 0.359. The maximum atomic E-state index is 13.6. The Kier molecular flexibility index (Phi) is 5.18. The molecular weight excluding hydrogens is 321 g/mol. The lowest BCUT2D eigenvalue weighted by atomic mass is 10.2. The van der Waals surface area contributed by atoms with Crippen molar-refractivity contribution in [2.24, 2.45) is 0 Å². The van der Waals surface area contributed by atoms with E-state index in [1.807, 2.05) is 24.3 Å². The number of para-hydroxylation sites is 1. The normalized spacial score (nSPS) is 10.1. The Bertz CT molecular complexity index is 601. The molecule has 0 aliphatic rings. The molecule has 0 unspecified atom stereocenters. The van der Waals surface area contributed by atoms with Crippen molar-refractivity contribution in [3.63, 3.8) is 0 Å². The fourth-order valence-corrected chi connectivity index (χ4v) is 2.12. The molecule has 0 fully saturated rings. The van der Waals surface area contributed by atoms with Crippen LogP contribution >= 0.6 is 15.9 Å². The van der Waals surface area contributed by atoms with Gasteiger partial charge in [0.05, 0.1) is 5.69 Å². The number of halogens is 2. The summed E-state index contributed by atoms with van der Waals surface area (Å²) in [7, 11) is 0. The fourth-order valence-electron chi connectivity index (χ4n) is 1.76. The molecular formula is C16H15BrFNO. The van der Waals surface area contributed by atoms with Gasteiger partial charge in [-0.25, -0.2) is 4.39 Å². The topological polar surface area (TPSA) is 21.3 Å². The number of rotatable bonds is 6. The average molecular weight is 336 g/mol. The second kappa shape index (κ2) is 7.10. The van der Waals surface area contributed by atoms with E-state index in [0.29, 0.717) is 18.8 Å². The van der Waals surface area contributed by atoms with Crippen LogP contribution in [0.1, 0.15) is 5.56 Å². The van der Waals surface area contributed by atoms with Gasteiger partial charge in [0, 0.05) is 16.6 Å². The molecule has 2 rings (SSSR count). The monoisotopic (exact) mass is 335 g/mol. The zero-order chi connectivity index (χ0) is 14.4. The number of ether oxygens (including phenoxy) is 1. The molecule has 2 nitrogen and oxygen atoms in total. The summed E-state index contributed by atoms with van der Waals surface area (Å²) >= 11 is 3.33. The molecule has 1 N–H and O–H groups in total. The van der Waals surface area contributed by atoms with Crippen LogP contribution in [0.2, 0.25) is 0 Å². The lowest BCUT2D eigenvalue weighted by Gasteiger charge is -2.12. The number of benzene rings is 2. The lowest BCUT2D eigenvalue weighted by Crippen LogP contribution is -2.04. The van der Waals surface area contributed by atoms with Crippen LogP contribution < -0.4 is 10.1 Å². The van der Waals surface area contributed by atoms with Crippen molar-refractivity contribution in [1.82, 2.24) is 0 Å². The van der Waals surface area contributed by atoms with Crippen molar-refractivity contribution in [3.05, 3.63) is 71.0 Å². The number of hydrogen-bond donors (Lipinski definition) is 1. The third-order valence-corrected chi connectivity index (χ3v) is 3.22. The minimum atomic E-state index is -0.280. The molecule has 0 atom stereocenters. The molecule has 0 aliphatic heterocycles. The summed E-state index contributed by atoms with van der Waals surface area (Å²) < 4.78 is 20.0. The van der Waals surface area contributed by atoms with Crippen LogP contribution in [0, 0.1) is 5.82 Å². The van der Waals surface area contributed by atoms with E-state index in [2.05, 4.69) is 27.8 Å². The van der Waals surface area contributed by atoms with Crippen LogP contribution in [0.15, 0.2) is 59.6 Å². The van der Waals surface area contributed by atoms with Crippen LogP contribution in [-0.2, 0) is 6.54 Å². The summed E-state index contributed by atoms with van der Waals surface area (Å²) in [6, 6.07) is 12.5. The maximum Gasteiger partial charge on any atom is 0.146 e. The highest BCUT2D eigenvalue weighted by Gasteiger charge is 2.05. The van der Waals surface area contributed by atoms with E-state index in [1.165, 1.54) is 6.07 Å². The van der Waals surface area contributed by atoms with Gasteiger partial charge in [0.1, 0.15) is 18.2 Å². The van der Waals surface area contributed by atoms with Gasteiger partial charge in [-0.2, -0.15) is 0 Å². The van der Waals surface area contributed by atoms with Crippen LogP contribution in [0.4, 0.5) is 10.1 Å². The van der Waals surface area contributed by atoms with E-state index < -0.39 is 0 Å². The molecule has 0 saturated carbocycles. The quantitative estimate of drug-likeness (QED) is 0.768. The second-order valence-electron chi connectivity index (χ2n) is 4.19. The molecule has 0 bridgehead atoms. The van der Waals surface area contributed by atoms with E-state index in [1.54, 1.807) is 18.2 Å². The van der Waals surface area contributed by atoms with Gasteiger partial charge in [0.25, 0.3) is 0 Å². The molecule has 4 heteroatoms. The van der Waals surface area contributed by atoms with Crippen molar-refractivity contribution < 1.29 is 9.13 Å². The third-order valence-electron chi connectivity index (χ3n) is 2.73. The number of anilines is 1. The summed E-state index contributed by atoms with van der Waals surface area (Å²) in [5.41, 5.74) is 1.42. The molecule has 104 valence electrons. The molecule has 0 heterocycles. The zero-order valence-electron chi connectivity index (χ0n) is 10.9. The van der Waals surface area contributed by atoms with Crippen LogP contribution in [-0.4, -0.2) is 6.61 Å². The Labute approximate surface area is 126 Å². The van der Waals surface area contributed by atoms with E-state index in [-0.39, 0.29) is 5.82 Å². The second-order valence-corrected chi connectivity index (χ2v) is 5.10. The van der Waals surface area contributed by atoms with Gasteiger partial charge in [0.2, 0.25) is 0 Å². The van der Waals surface area contributed by atoms with E-state index in [0.717, 1.165) is 15.8 Å². The molecule has 0 amide bonds. The highest BCUT2D eigenvalue weighted by Crippen LogP contribution is 2.23. The van der Waals surface area contributed by atoms with Crippen LogP contribution in [0.3, 0.4) is 0 Å². The SMILES string of the molecule is C=CCOc1ccccc1CNc1cc(Br)ccc1F. The van der Waals surface area contributed by atoms with Gasteiger partial charge in [0.15, 0.2) is 0 Å². The summed E-state index contributed by atoms with van der Waals surface area (Å²) in [6.07, 6.45) is 1.69. The zero-order valence-corrected chi connectivity index (χ0v) is 12.5. The summed E-state index contributed by atoms with van der Waals surface area (Å²) in [5, 5.41) is 3.08. The van der Waals surface area contributed by atoms with E-state index in [4.69, 9.17) is 4.74 Å². The van der Waals surface area contributed by atoms with Gasteiger partial charge in [-0.1, -0.05) is 46.8 Å². The fraction of sp³-hybridized carbons (Fsp3) is 0.125. The first-order valence-corrected chi connectivity index (χ1v) is 7.00. The standard InChI is InChI=1S/C16H15BrFNO/c1-2-9-20-16-6-4-3-5-12(16)11-19-15-10-13(17)7-8-14(15)18/h2-8,10,19H,1,9,11H2. The van der Waals surface area contributed by atoms with Crippen LogP contribution in [0.25, 0.3) is 0 Å². The van der Waals surface area contributed by atoms with Gasteiger partial charge in [-0.3, -0.25) is 0 Å². The summed E-state index contributed by atoms with van der Waals surface area (Å²) in [5.74, 6) is 0.494. The van der Waals surface area contributed by atoms with Crippen molar-refractivity contribution in [1.29, 1.82) is 0 Å². The largest absolute Gasteiger partial charge is 0.489 e. The number of hydrogen-bond acceptors (Lipinski definition) is 2. The van der Waals surface area contributed by atoms with Gasteiger partial charge >= 0.3 is 0 Å². The Morgan fingerprint density at radius 1 is 1.25 bits per heavy atom. The Morgan fingerprint density at radius 2 is 2.05 bits per heavy atom. The van der Waals surface area contributed by atoms with Crippen molar-refractivity contribution in [2.45, 2.75) is 6.54 Å². The predicted molar refractivity (Wildman–Crippen MR) is 83.6 cm³/mol.